The molecule has 1 aromatic heterocycles. The van der Waals surface area contributed by atoms with Crippen molar-refractivity contribution in [3.8, 4) is 0 Å². The first-order chi connectivity index (χ1) is 8.80. The third-order valence-corrected chi connectivity index (χ3v) is 3.70. The van der Waals surface area contributed by atoms with Crippen LogP contribution >= 0.6 is 0 Å². The molecule has 0 amide bonds. The Bertz CT molecular complexity index is 504. The van der Waals surface area contributed by atoms with Crippen LogP contribution in [0.5, 0.6) is 0 Å². The molecule has 2 rings (SSSR count). The Kier molecular flexibility index (Phi) is 3.67. The van der Waals surface area contributed by atoms with Crippen LogP contribution in [0.15, 0.2) is 17.2 Å². The SMILES string of the molecule is CC1CN(c2nccn(C(C)(C)C)c2=O)CCC1O. The number of hydrogen-bond acceptors (Lipinski definition) is 4. The van der Waals surface area contributed by atoms with Crippen LogP contribution in [0.4, 0.5) is 5.82 Å². The zero-order valence-electron chi connectivity index (χ0n) is 12.1. The molecule has 5 heteroatoms. The van der Waals surface area contributed by atoms with Crippen LogP contribution in [0.3, 0.4) is 0 Å². The van der Waals surface area contributed by atoms with E-state index in [-0.39, 0.29) is 23.1 Å². The van der Waals surface area contributed by atoms with E-state index in [1.165, 1.54) is 0 Å². The van der Waals surface area contributed by atoms with Crippen LogP contribution in [0, 0.1) is 5.92 Å². The third kappa shape index (κ3) is 2.81. The monoisotopic (exact) mass is 265 g/mol. The van der Waals surface area contributed by atoms with E-state index in [9.17, 15) is 9.90 Å². The summed E-state index contributed by atoms with van der Waals surface area (Å²) in [7, 11) is 0. The number of anilines is 1. The molecule has 0 saturated carbocycles. The molecule has 0 aromatic carbocycles. The van der Waals surface area contributed by atoms with Crippen LogP contribution in [0.2, 0.25) is 0 Å². The summed E-state index contributed by atoms with van der Waals surface area (Å²) >= 11 is 0. The smallest absolute Gasteiger partial charge is 0.293 e. The Morgan fingerprint density at radius 2 is 2.11 bits per heavy atom. The molecule has 1 aliphatic heterocycles. The van der Waals surface area contributed by atoms with Crippen LogP contribution < -0.4 is 10.5 Å². The van der Waals surface area contributed by atoms with E-state index in [4.69, 9.17) is 0 Å². The first-order valence-corrected chi connectivity index (χ1v) is 6.82. The highest BCUT2D eigenvalue weighted by atomic mass is 16.3. The maximum absolute atomic E-state index is 12.5. The van der Waals surface area contributed by atoms with Gasteiger partial charge in [-0.2, -0.15) is 0 Å². The van der Waals surface area contributed by atoms with Gasteiger partial charge in [0.1, 0.15) is 0 Å². The standard InChI is InChI=1S/C14H23N3O2/c1-10-9-16(7-5-11(10)18)12-13(19)17(8-6-15-12)14(2,3)4/h6,8,10-11,18H,5,7,9H2,1-4H3. The Morgan fingerprint density at radius 3 is 2.68 bits per heavy atom. The molecular formula is C14H23N3O2. The Hall–Kier alpha value is -1.36. The molecule has 0 aliphatic carbocycles. The zero-order chi connectivity index (χ0) is 14.2. The summed E-state index contributed by atoms with van der Waals surface area (Å²) in [6, 6.07) is 0. The summed E-state index contributed by atoms with van der Waals surface area (Å²) in [6.07, 6.45) is 3.82. The van der Waals surface area contributed by atoms with Crippen molar-refractivity contribution >= 4 is 5.82 Å². The lowest BCUT2D eigenvalue weighted by molar-refractivity contribution is 0.0967. The van der Waals surface area contributed by atoms with E-state index in [0.717, 1.165) is 0 Å². The minimum absolute atomic E-state index is 0.0569. The Balaban J connectivity index is 2.34. The average molecular weight is 265 g/mol. The second-order valence-electron chi connectivity index (χ2n) is 6.38. The number of hydrogen-bond donors (Lipinski definition) is 1. The lowest BCUT2D eigenvalue weighted by Gasteiger charge is -2.35. The van der Waals surface area contributed by atoms with Gasteiger partial charge in [-0.05, 0) is 33.1 Å². The third-order valence-electron chi connectivity index (χ3n) is 3.70. The van der Waals surface area contributed by atoms with Crippen LogP contribution in [-0.4, -0.2) is 33.9 Å². The van der Waals surface area contributed by atoms with Gasteiger partial charge in [-0.25, -0.2) is 4.98 Å². The van der Waals surface area contributed by atoms with Crippen molar-refractivity contribution in [1.82, 2.24) is 9.55 Å². The number of nitrogens with zero attached hydrogens (tertiary/aromatic N) is 3. The molecule has 1 fully saturated rings. The first kappa shape index (κ1) is 14.1. The molecule has 106 valence electrons. The summed E-state index contributed by atoms with van der Waals surface area (Å²) < 4.78 is 1.71. The van der Waals surface area contributed by atoms with E-state index in [0.29, 0.717) is 25.3 Å². The fourth-order valence-corrected chi connectivity index (χ4v) is 2.47. The van der Waals surface area contributed by atoms with E-state index >= 15 is 0 Å². The van der Waals surface area contributed by atoms with Crippen LogP contribution in [0.25, 0.3) is 0 Å². The van der Waals surface area contributed by atoms with Gasteiger partial charge in [-0.15, -0.1) is 0 Å². The first-order valence-electron chi connectivity index (χ1n) is 6.82. The molecular weight excluding hydrogens is 242 g/mol. The van der Waals surface area contributed by atoms with Gasteiger partial charge in [0.15, 0.2) is 5.82 Å². The zero-order valence-corrected chi connectivity index (χ0v) is 12.1. The quantitative estimate of drug-likeness (QED) is 0.829. The maximum Gasteiger partial charge on any atom is 0.293 e. The van der Waals surface area contributed by atoms with E-state index in [1.807, 2.05) is 32.6 Å². The van der Waals surface area contributed by atoms with E-state index in [1.54, 1.807) is 17.0 Å². The second kappa shape index (κ2) is 4.96. The van der Waals surface area contributed by atoms with Crippen molar-refractivity contribution in [2.45, 2.75) is 45.8 Å². The molecule has 19 heavy (non-hydrogen) atoms. The molecule has 0 radical (unpaired) electrons. The van der Waals surface area contributed by atoms with Gasteiger partial charge >= 0.3 is 0 Å². The van der Waals surface area contributed by atoms with Gasteiger partial charge in [-0.3, -0.25) is 4.79 Å². The minimum Gasteiger partial charge on any atom is -0.393 e. The maximum atomic E-state index is 12.5. The van der Waals surface area contributed by atoms with Crippen molar-refractivity contribution in [2.75, 3.05) is 18.0 Å². The molecule has 1 aliphatic rings. The Morgan fingerprint density at radius 1 is 1.42 bits per heavy atom. The molecule has 5 nitrogen and oxygen atoms in total. The van der Waals surface area contributed by atoms with Crippen molar-refractivity contribution in [3.63, 3.8) is 0 Å². The number of aliphatic hydroxyl groups is 1. The number of aliphatic hydroxyl groups excluding tert-OH is 1. The van der Waals surface area contributed by atoms with Gasteiger partial charge in [-0.1, -0.05) is 6.92 Å². The van der Waals surface area contributed by atoms with Crippen LogP contribution in [-0.2, 0) is 5.54 Å². The topological polar surface area (TPSA) is 58.4 Å². The summed E-state index contributed by atoms with van der Waals surface area (Å²) in [5.41, 5.74) is -0.311. The predicted molar refractivity (Wildman–Crippen MR) is 75.5 cm³/mol. The molecule has 2 unspecified atom stereocenters. The van der Waals surface area contributed by atoms with Crippen molar-refractivity contribution in [1.29, 1.82) is 0 Å². The van der Waals surface area contributed by atoms with Gasteiger partial charge in [0.2, 0.25) is 0 Å². The lowest BCUT2D eigenvalue weighted by atomic mass is 9.97. The van der Waals surface area contributed by atoms with Crippen molar-refractivity contribution in [3.05, 3.63) is 22.7 Å². The summed E-state index contributed by atoms with van der Waals surface area (Å²) in [5, 5.41) is 9.77. The van der Waals surface area contributed by atoms with E-state index < -0.39 is 0 Å². The van der Waals surface area contributed by atoms with Gasteiger partial charge in [0.05, 0.1) is 6.10 Å². The highest BCUT2D eigenvalue weighted by Gasteiger charge is 2.27. The number of piperidine rings is 1. The van der Waals surface area contributed by atoms with Crippen LogP contribution in [0.1, 0.15) is 34.1 Å². The van der Waals surface area contributed by atoms with Gasteiger partial charge < -0.3 is 14.6 Å². The normalized spacial score (nSPS) is 24.6. The highest BCUT2D eigenvalue weighted by Crippen LogP contribution is 2.20. The summed E-state index contributed by atoms with van der Waals surface area (Å²) in [5.74, 6) is 0.661. The fourth-order valence-electron chi connectivity index (χ4n) is 2.47. The van der Waals surface area contributed by atoms with Gasteiger partial charge in [0, 0.05) is 31.0 Å². The second-order valence-corrected chi connectivity index (χ2v) is 6.38. The highest BCUT2D eigenvalue weighted by molar-refractivity contribution is 5.36. The van der Waals surface area contributed by atoms with Crippen molar-refractivity contribution < 1.29 is 5.11 Å². The molecule has 1 saturated heterocycles. The van der Waals surface area contributed by atoms with E-state index in [2.05, 4.69) is 4.98 Å². The van der Waals surface area contributed by atoms with Crippen molar-refractivity contribution in [2.24, 2.45) is 5.92 Å². The molecule has 2 heterocycles. The summed E-state index contributed by atoms with van der Waals surface area (Å²) in [4.78, 5) is 18.7. The fraction of sp³-hybridized carbons (Fsp3) is 0.714. The Labute approximate surface area is 113 Å². The molecule has 0 spiro atoms. The number of rotatable bonds is 1. The minimum atomic E-state index is -0.273. The predicted octanol–water partition coefficient (Wildman–Crippen LogP) is 1.21. The average Bonchev–Trinajstić information content (AvgIpc) is 2.32. The summed E-state index contributed by atoms with van der Waals surface area (Å²) in [6.45, 7) is 9.36. The largest absolute Gasteiger partial charge is 0.393 e. The molecule has 1 aromatic rings. The van der Waals surface area contributed by atoms with Gasteiger partial charge in [0.25, 0.3) is 5.56 Å². The molecule has 2 atom stereocenters. The number of aromatic nitrogens is 2. The molecule has 1 N–H and O–H groups in total. The molecule has 0 bridgehead atoms. The lowest BCUT2D eigenvalue weighted by Crippen LogP contribution is -2.46.